The van der Waals surface area contributed by atoms with E-state index < -0.39 is 22.4 Å². The van der Waals surface area contributed by atoms with Crippen molar-refractivity contribution in [3.8, 4) is 5.88 Å². The van der Waals surface area contributed by atoms with E-state index in [1.165, 1.54) is 7.11 Å². The molecule has 92 valence electrons. The molecule has 0 saturated carbocycles. The topological polar surface area (TPSA) is 27.1 Å². The van der Waals surface area contributed by atoms with Gasteiger partial charge in [-0.25, -0.2) is 4.68 Å². The van der Waals surface area contributed by atoms with Crippen molar-refractivity contribution in [2.75, 3.05) is 7.11 Å². The number of ether oxygens (including phenoxy) is 1. The van der Waals surface area contributed by atoms with Gasteiger partial charge in [-0.15, -0.1) is 5.10 Å². The molecule has 3 nitrogen and oxygen atoms in total. The second kappa shape index (κ2) is 3.84. The highest BCUT2D eigenvalue weighted by Gasteiger charge is 2.42. The maximum atomic E-state index is 12.8. The van der Waals surface area contributed by atoms with Gasteiger partial charge in [-0.05, 0) is 20.8 Å². The predicted molar refractivity (Wildman–Crippen MR) is 53.8 cm³/mol. The molecule has 1 heterocycles. The lowest BCUT2D eigenvalue weighted by molar-refractivity contribution is -0.146. The molecule has 0 atom stereocenters. The Labute approximate surface area is 96.1 Å². The Balaban J connectivity index is 3.50. The molecule has 7 heteroatoms. The van der Waals surface area contributed by atoms with Crippen molar-refractivity contribution < 1.29 is 17.9 Å². The zero-order valence-electron chi connectivity index (χ0n) is 9.31. The average Bonchev–Trinajstić information content (AvgIpc) is 2.40. The van der Waals surface area contributed by atoms with Crippen molar-refractivity contribution in [3.05, 3.63) is 10.7 Å². The Morgan fingerprint density at radius 3 is 2.00 bits per heavy atom. The summed E-state index contributed by atoms with van der Waals surface area (Å²) >= 11 is 5.59. The fourth-order valence-corrected chi connectivity index (χ4v) is 1.54. The Morgan fingerprint density at radius 1 is 1.25 bits per heavy atom. The van der Waals surface area contributed by atoms with Crippen LogP contribution in [0.25, 0.3) is 0 Å². The van der Waals surface area contributed by atoms with E-state index in [9.17, 15) is 13.2 Å². The fourth-order valence-electron chi connectivity index (χ4n) is 1.24. The highest BCUT2D eigenvalue weighted by atomic mass is 35.5. The van der Waals surface area contributed by atoms with E-state index in [4.69, 9.17) is 16.3 Å². The number of methoxy groups -OCH3 is 1. The standard InChI is InChI=1S/C9H12ClF3N2O/c1-8(2,3)15-6(9(11,12)13)5(10)7(14-15)16-4/h1-4H3. The second-order valence-electron chi connectivity index (χ2n) is 4.25. The third-order valence-electron chi connectivity index (χ3n) is 1.90. The van der Waals surface area contributed by atoms with Crippen LogP contribution in [0.15, 0.2) is 0 Å². The van der Waals surface area contributed by atoms with E-state index >= 15 is 0 Å². The molecule has 1 aromatic rings. The van der Waals surface area contributed by atoms with Crippen LogP contribution in [0.2, 0.25) is 5.02 Å². The Kier molecular flexibility index (Phi) is 3.15. The minimum atomic E-state index is -4.56. The molecule has 0 radical (unpaired) electrons. The van der Waals surface area contributed by atoms with Crippen molar-refractivity contribution in [1.82, 2.24) is 9.78 Å². The summed E-state index contributed by atoms with van der Waals surface area (Å²) < 4.78 is 43.9. The molecular formula is C9H12ClF3N2O. The molecule has 0 spiro atoms. The first-order valence-electron chi connectivity index (χ1n) is 4.49. The highest BCUT2D eigenvalue weighted by molar-refractivity contribution is 6.32. The van der Waals surface area contributed by atoms with Crippen LogP contribution in [0.3, 0.4) is 0 Å². The van der Waals surface area contributed by atoms with Crippen LogP contribution in [0.1, 0.15) is 26.5 Å². The monoisotopic (exact) mass is 256 g/mol. The maximum Gasteiger partial charge on any atom is 0.434 e. The van der Waals surface area contributed by atoms with E-state index in [1.807, 2.05) is 0 Å². The molecule has 0 aliphatic heterocycles. The van der Waals surface area contributed by atoms with Gasteiger partial charge in [-0.1, -0.05) is 11.6 Å². The fraction of sp³-hybridized carbons (Fsp3) is 0.667. The van der Waals surface area contributed by atoms with Crippen LogP contribution in [0.4, 0.5) is 13.2 Å². The van der Waals surface area contributed by atoms with Crippen molar-refractivity contribution in [2.24, 2.45) is 0 Å². The van der Waals surface area contributed by atoms with Gasteiger partial charge >= 0.3 is 6.18 Å². The largest absolute Gasteiger partial charge is 0.479 e. The molecule has 0 unspecified atom stereocenters. The summed E-state index contributed by atoms with van der Waals surface area (Å²) in [4.78, 5) is 0. The molecule has 0 aliphatic carbocycles. The van der Waals surface area contributed by atoms with Gasteiger partial charge < -0.3 is 4.74 Å². The number of hydrogen-bond donors (Lipinski definition) is 0. The molecular weight excluding hydrogens is 245 g/mol. The van der Waals surface area contributed by atoms with Gasteiger partial charge in [0.25, 0.3) is 5.88 Å². The Bertz CT molecular complexity index is 393. The van der Waals surface area contributed by atoms with Crippen molar-refractivity contribution in [3.63, 3.8) is 0 Å². The van der Waals surface area contributed by atoms with Crippen LogP contribution in [-0.2, 0) is 11.7 Å². The van der Waals surface area contributed by atoms with E-state index in [2.05, 4.69) is 5.10 Å². The third kappa shape index (κ3) is 2.26. The summed E-state index contributed by atoms with van der Waals surface area (Å²) in [6.45, 7) is 4.81. The van der Waals surface area contributed by atoms with Gasteiger partial charge in [0, 0.05) is 0 Å². The normalized spacial score (nSPS) is 13.0. The van der Waals surface area contributed by atoms with Crippen LogP contribution < -0.4 is 4.74 Å². The molecule has 0 fully saturated rings. The molecule has 0 bridgehead atoms. The molecule has 16 heavy (non-hydrogen) atoms. The van der Waals surface area contributed by atoms with Crippen molar-refractivity contribution in [2.45, 2.75) is 32.5 Å². The van der Waals surface area contributed by atoms with Gasteiger partial charge in [-0.2, -0.15) is 13.2 Å². The predicted octanol–water partition coefficient (Wildman–Crippen LogP) is 3.32. The third-order valence-corrected chi connectivity index (χ3v) is 2.24. The van der Waals surface area contributed by atoms with E-state index in [-0.39, 0.29) is 5.88 Å². The molecule has 1 rings (SSSR count). The molecule has 1 aromatic heterocycles. The van der Waals surface area contributed by atoms with Crippen LogP contribution in [0.5, 0.6) is 5.88 Å². The number of aromatic nitrogens is 2. The SMILES string of the molecule is COc1nn(C(C)(C)C)c(C(F)(F)F)c1Cl. The summed E-state index contributed by atoms with van der Waals surface area (Å²) in [6.07, 6.45) is -4.56. The van der Waals surface area contributed by atoms with E-state index in [1.54, 1.807) is 20.8 Å². The zero-order valence-corrected chi connectivity index (χ0v) is 10.1. The maximum absolute atomic E-state index is 12.8. The lowest BCUT2D eigenvalue weighted by atomic mass is 10.1. The molecule has 0 amide bonds. The lowest BCUT2D eigenvalue weighted by Crippen LogP contribution is -2.28. The van der Waals surface area contributed by atoms with Gasteiger partial charge in [-0.3, -0.25) is 0 Å². The minimum Gasteiger partial charge on any atom is -0.479 e. The summed E-state index contributed by atoms with van der Waals surface area (Å²) in [6, 6.07) is 0. The lowest BCUT2D eigenvalue weighted by Gasteiger charge is -2.22. The van der Waals surface area contributed by atoms with Gasteiger partial charge in [0.15, 0.2) is 5.69 Å². The Hall–Kier alpha value is -0.910. The summed E-state index contributed by atoms with van der Waals surface area (Å²) in [7, 11) is 1.22. The first kappa shape index (κ1) is 13.2. The quantitative estimate of drug-likeness (QED) is 0.771. The van der Waals surface area contributed by atoms with Crippen LogP contribution >= 0.6 is 11.6 Å². The first-order chi connectivity index (χ1) is 7.09. The number of rotatable bonds is 1. The smallest absolute Gasteiger partial charge is 0.434 e. The van der Waals surface area contributed by atoms with Gasteiger partial charge in [0.2, 0.25) is 0 Å². The summed E-state index contributed by atoms with van der Waals surface area (Å²) in [5, 5.41) is 3.20. The van der Waals surface area contributed by atoms with Crippen molar-refractivity contribution in [1.29, 1.82) is 0 Å². The Morgan fingerprint density at radius 2 is 1.75 bits per heavy atom. The second-order valence-corrected chi connectivity index (χ2v) is 4.63. The van der Waals surface area contributed by atoms with Gasteiger partial charge in [0.05, 0.1) is 12.6 Å². The molecule has 0 aromatic carbocycles. The van der Waals surface area contributed by atoms with Gasteiger partial charge in [0.1, 0.15) is 5.02 Å². The van der Waals surface area contributed by atoms with E-state index in [0.29, 0.717) is 0 Å². The molecule has 0 saturated heterocycles. The number of halogens is 4. The summed E-state index contributed by atoms with van der Waals surface area (Å²) in [5.41, 5.74) is -1.82. The summed E-state index contributed by atoms with van der Waals surface area (Å²) in [5.74, 6) is -0.219. The number of hydrogen-bond acceptors (Lipinski definition) is 2. The number of alkyl halides is 3. The average molecular weight is 257 g/mol. The highest BCUT2D eigenvalue weighted by Crippen LogP contribution is 2.41. The van der Waals surface area contributed by atoms with E-state index in [0.717, 1.165) is 4.68 Å². The zero-order chi connectivity index (χ0) is 12.7. The molecule has 0 aliphatic rings. The van der Waals surface area contributed by atoms with Crippen molar-refractivity contribution >= 4 is 11.6 Å². The van der Waals surface area contributed by atoms with Crippen LogP contribution in [-0.4, -0.2) is 16.9 Å². The number of nitrogens with zero attached hydrogens (tertiary/aromatic N) is 2. The minimum absolute atomic E-state index is 0.219. The van der Waals surface area contributed by atoms with Crippen LogP contribution in [0, 0.1) is 0 Å². The first-order valence-corrected chi connectivity index (χ1v) is 4.87. The molecule has 0 N–H and O–H groups in total.